The molecule has 1 aromatic carbocycles. The maximum absolute atomic E-state index is 12.2. The van der Waals surface area contributed by atoms with Gasteiger partial charge in [0.15, 0.2) is 5.60 Å². The molecule has 0 amide bonds. The Morgan fingerprint density at radius 3 is 2.88 bits per heavy atom. The Morgan fingerprint density at radius 1 is 1.33 bits per heavy atom. The number of nitrogens with one attached hydrogen (secondary N) is 1. The summed E-state index contributed by atoms with van der Waals surface area (Å²) < 4.78 is 10.9. The highest BCUT2D eigenvalue weighted by Crippen LogP contribution is 2.31. The minimum atomic E-state index is -1.07. The molecule has 24 heavy (non-hydrogen) atoms. The molecule has 2 heterocycles. The van der Waals surface area contributed by atoms with Crippen LogP contribution in [0.3, 0.4) is 0 Å². The zero-order valence-corrected chi connectivity index (χ0v) is 14.9. The molecule has 0 saturated carbocycles. The summed E-state index contributed by atoms with van der Waals surface area (Å²) in [5, 5.41) is 0.988. The minimum absolute atomic E-state index is 0.00905. The first-order valence-electron chi connectivity index (χ1n) is 8.04. The van der Waals surface area contributed by atoms with Gasteiger partial charge < -0.3 is 14.5 Å². The van der Waals surface area contributed by atoms with Crippen LogP contribution in [-0.2, 0) is 21.7 Å². The summed E-state index contributed by atoms with van der Waals surface area (Å²) in [5.41, 5.74) is 1.66. The maximum atomic E-state index is 12.2. The van der Waals surface area contributed by atoms with Crippen LogP contribution in [0.1, 0.15) is 31.9 Å². The Kier molecular flexibility index (Phi) is 4.58. The van der Waals surface area contributed by atoms with Crippen molar-refractivity contribution in [3.63, 3.8) is 0 Å². The number of aryl methyl sites for hydroxylation is 1. The third-order valence-corrected chi connectivity index (χ3v) is 5.07. The number of ether oxygens (including phenoxy) is 2. The molecular formula is C18H21NO4S. The van der Waals surface area contributed by atoms with Crippen molar-refractivity contribution in [2.45, 2.75) is 38.5 Å². The lowest BCUT2D eigenvalue weighted by atomic mass is 10.0. The molecule has 0 bridgehead atoms. The summed E-state index contributed by atoms with van der Waals surface area (Å²) in [4.78, 5) is 27.1. The number of hydrogen-bond donors (Lipinski definition) is 1. The van der Waals surface area contributed by atoms with E-state index in [0.29, 0.717) is 12.4 Å². The Morgan fingerprint density at radius 2 is 2.12 bits per heavy atom. The number of carbonyl (C=O) groups excluding carboxylic acids is 1. The average molecular weight is 347 g/mol. The number of hydrogen-bond acceptors (Lipinski definition) is 5. The van der Waals surface area contributed by atoms with Crippen molar-refractivity contribution >= 4 is 28.6 Å². The summed E-state index contributed by atoms with van der Waals surface area (Å²) in [6, 6.07) is 5.50. The highest BCUT2D eigenvalue weighted by Gasteiger charge is 2.31. The van der Waals surface area contributed by atoms with Gasteiger partial charge in [0.25, 0.3) is 5.56 Å². The SMILES string of the molecule is CCOC(=O)C(C)(C)Oc1ccc2[nH]c(=O)c3c(c2c1)CCSC3. The van der Waals surface area contributed by atoms with Crippen LogP contribution in [0, 0.1) is 0 Å². The fourth-order valence-corrected chi connectivity index (χ4v) is 3.87. The van der Waals surface area contributed by atoms with E-state index in [1.807, 2.05) is 12.1 Å². The zero-order chi connectivity index (χ0) is 17.3. The molecule has 128 valence electrons. The number of carbonyl (C=O) groups is 1. The molecule has 1 aliphatic heterocycles. The lowest BCUT2D eigenvalue weighted by Crippen LogP contribution is -2.39. The summed E-state index contributed by atoms with van der Waals surface area (Å²) in [6.45, 7) is 5.46. The first-order chi connectivity index (χ1) is 11.4. The third-order valence-electron chi connectivity index (χ3n) is 4.09. The van der Waals surface area contributed by atoms with Gasteiger partial charge in [-0.15, -0.1) is 0 Å². The van der Waals surface area contributed by atoms with Crippen LogP contribution in [0.25, 0.3) is 10.9 Å². The molecule has 0 spiro atoms. The predicted octanol–water partition coefficient (Wildman–Crippen LogP) is 3.04. The maximum Gasteiger partial charge on any atom is 0.349 e. The normalized spacial score (nSPS) is 14.3. The van der Waals surface area contributed by atoms with Crippen LogP contribution in [0.4, 0.5) is 0 Å². The third kappa shape index (κ3) is 3.15. The van der Waals surface area contributed by atoms with Gasteiger partial charge in [0.2, 0.25) is 0 Å². The molecule has 0 saturated heterocycles. The van der Waals surface area contributed by atoms with Crippen molar-refractivity contribution in [3.8, 4) is 5.75 Å². The van der Waals surface area contributed by atoms with Gasteiger partial charge in [-0.05, 0) is 56.7 Å². The Balaban J connectivity index is 2.01. The highest BCUT2D eigenvalue weighted by molar-refractivity contribution is 7.98. The van der Waals surface area contributed by atoms with Crippen molar-refractivity contribution in [1.29, 1.82) is 0 Å². The van der Waals surface area contributed by atoms with Crippen LogP contribution in [0.2, 0.25) is 0 Å². The molecular weight excluding hydrogens is 326 g/mol. The number of esters is 1. The largest absolute Gasteiger partial charge is 0.476 e. The first kappa shape index (κ1) is 16.9. The molecule has 0 radical (unpaired) electrons. The standard InChI is InChI=1S/C18H21NO4S/c1-4-22-17(21)18(2,3)23-11-5-6-15-13(9-11)12-7-8-24-10-14(12)16(20)19-15/h5-6,9H,4,7-8,10H2,1-3H3,(H,19,20). The fraction of sp³-hybridized carbons (Fsp3) is 0.444. The molecule has 1 N–H and O–H groups in total. The number of thioether (sulfide) groups is 1. The van der Waals surface area contributed by atoms with Gasteiger partial charge in [-0.2, -0.15) is 11.8 Å². The van der Waals surface area contributed by atoms with Crippen molar-refractivity contribution in [2.75, 3.05) is 12.4 Å². The number of H-pyrrole nitrogens is 1. The quantitative estimate of drug-likeness (QED) is 0.861. The Bertz CT molecular complexity index is 841. The second kappa shape index (κ2) is 6.51. The topological polar surface area (TPSA) is 68.4 Å². The molecule has 3 rings (SSSR count). The van der Waals surface area contributed by atoms with E-state index in [9.17, 15) is 9.59 Å². The van der Waals surface area contributed by atoms with Gasteiger partial charge >= 0.3 is 5.97 Å². The van der Waals surface area contributed by atoms with Crippen molar-refractivity contribution in [2.24, 2.45) is 0 Å². The van der Waals surface area contributed by atoms with Gasteiger partial charge in [0.05, 0.1) is 6.61 Å². The second-order valence-corrected chi connectivity index (χ2v) is 7.36. The molecule has 0 atom stereocenters. The average Bonchev–Trinajstić information content (AvgIpc) is 2.56. The van der Waals surface area contributed by atoms with Gasteiger partial charge in [0, 0.05) is 22.2 Å². The van der Waals surface area contributed by atoms with Crippen LogP contribution in [-0.4, -0.2) is 28.9 Å². The number of aromatic amines is 1. The van der Waals surface area contributed by atoms with E-state index in [0.717, 1.165) is 40.0 Å². The van der Waals surface area contributed by atoms with Crippen LogP contribution in [0.15, 0.2) is 23.0 Å². The first-order valence-corrected chi connectivity index (χ1v) is 9.19. The molecule has 5 nitrogen and oxygen atoms in total. The number of fused-ring (bicyclic) bond motifs is 3. The van der Waals surface area contributed by atoms with Gasteiger partial charge in [-0.25, -0.2) is 4.79 Å². The van der Waals surface area contributed by atoms with E-state index >= 15 is 0 Å². The number of aromatic nitrogens is 1. The lowest BCUT2D eigenvalue weighted by molar-refractivity contribution is -0.158. The van der Waals surface area contributed by atoms with Gasteiger partial charge in [-0.1, -0.05) is 0 Å². The number of rotatable bonds is 4. The van der Waals surface area contributed by atoms with Crippen LogP contribution < -0.4 is 10.3 Å². The predicted molar refractivity (Wildman–Crippen MR) is 95.8 cm³/mol. The summed E-state index contributed by atoms with van der Waals surface area (Å²) in [7, 11) is 0. The number of pyridine rings is 1. The molecule has 6 heteroatoms. The van der Waals surface area contributed by atoms with Crippen molar-refractivity contribution in [1.82, 2.24) is 4.98 Å². The van der Waals surface area contributed by atoms with E-state index in [-0.39, 0.29) is 5.56 Å². The van der Waals surface area contributed by atoms with E-state index in [1.54, 1.807) is 38.6 Å². The second-order valence-electron chi connectivity index (χ2n) is 6.25. The molecule has 2 aromatic rings. The molecule has 0 fully saturated rings. The van der Waals surface area contributed by atoms with Crippen molar-refractivity contribution < 1.29 is 14.3 Å². The van der Waals surface area contributed by atoms with Crippen molar-refractivity contribution in [3.05, 3.63) is 39.7 Å². The Hall–Kier alpha value is -1.95. The zero-order valence-electron chi connectivity index (χ0n) is 14.1. The highest BCUT2D eigenvalue weighted by atomic mass is 32.2. The number of benzene rings is 1. The van der Waals surface area contributed by atoms with E-state index in [4.69, 9.17) is 9.47 Å². The van der Waals surface area contributed by atoms with E-state index < -0.39 is 11.6 Å². The van der Waals surface area contributed by atoms with Gasteiger partial charge in [0.1, 0.15) is 5.75 Å². The van der Waals surface area contributed by atoms with E-state index in [1.165, 1.54) is 0 Å². The lowest BCUT2D eigenvalue weighted by Gasteiger charge is -2.24. The van der Waals surface area contributed by atoms with Crippen LogP contribution >= 0.6 is 11.8 Å². The minimum Gasteiger partial charge on any atom is -0.476 e. The van der Waals surface area contributed by atoms with Gasteiger partial charge in [-0.3, -0.25) is 4.79 Å². The molecule has 1 aliphatic rings. The summed E-state index contributed by atoms with van der Waals surface area (Å²) in [6.07, 6.45) is 0.866. The molecule has 1 aromatic heterocycles. The van der Waals surface area contributed by atoms with Crippen LogP contribution in [0.5, 0.6) is 5.75 Å². The smallest absolute Gasteiger partial charge is 0.349 e. The molecule has 0 aliphatic carbocycles. The Labute approximate surface area is 144 Å². The summed E-state index contributed by atoms with van der Waals surface area (Å²) in [5.74, 6) is 1.93. The van der Waals surface area contributed by atoms with E-state index in [2.05, 4.69) is 4.98 Å². The summed E-state index contributed by atoms with van der Waals surface area (Å²) >= 11 is 1.77. The fourth-order valence-electron chi connectivity index (χ4n) is 2.87. The molecule has 0 unspecified atom stereocenters. The monoisotopic (exact) mass is 347 g/mol.